The third-order valence-corrected chi connectivity index (χ3v) is 3.52. The van der Waals surface area contributed by atoms with Crippen molar-refractivity contribution >= 4 is 12.4 Å². The van der Waals surface area contributed by atoms with E-state index in [1.54, 1.807) is 0 Å². The van der Waals surface area contributed by atoms with E-state index in [-0.39, 0.29) is 0 Å². The van der Waals surface area contributed by atoms with E-state index in [1.165, 1.54) is 16.7 Å². The summed E-state index contributed by atoms with van der Waals surface area (Å²) in [4.78, 5) is 10.2. The van der Waals surface area contributed by atoms with E-state index in [0.29, 0.717) is 6.42 Å². The summed E-state index contributed by atoms with van der Waals surface area (Å²) in [6.45, 7) is 0. The molecule has 0 fully saturated rings. The summed E-state index contributed by atoms with van der Waals surface area (Å²) in [5, 5.41) is 0. The van der Waals surface area contributed by atoms with Crippen LogP contribution in [0, 0.1) is 0 Å². The summed E-state index contributed by atoms with van der Waals surface area (Å²) in [5.41, 5.74) is 3.74. The zero-order valence-electron chi connectivity index (χ0n) is 12.4. The van der Waals surface area contributed by atoms with Gasteiger partial charge in [0, 0.05) is 6.42 Å². The van der Waals surface area contributed by atoms with Gasteiger partial charge in [-0.2, -0.15) is 0 Å². The monoisotopic (exact) mass is 278 g/mol. The number of allylic oxidation sites excluding steroid dienone is 1. The maximum Gasteiger partial charge on any atom is 0.119 e. The number of aldehydes is 1. The summed E-state index contributed by atoms with van der Waals surface area (Å²) in [7, 11) is 0. The normalized spacial score (nSPS) is 10.9. The molecule has 0 atom stereocenters. The third kappa shape index (κ3) is 5.39. The van der Waals surface area contributed by atoms with Gasteiger partial charge < -0.3 is 4.79 Å². The second-order valence-electron chi connectivity index (χ2n) is 5.20. The molecule has 0 aliphatic rings. The van der Waals surface area contributed by atoms with Crippen molar-refractivity contribution in [2.45, 2.75) is 32.1 Å². The van der Waals surface area contributed by atoms with Crippen LogP contribution < -0.4 is 0 Å². The van der Waals surface area contributed by atoms with Crippen molar-refractivity contribution in [3.8, 4) is 11.1 Å². The lowest BCUT2D eigenvalue weighted by Crippen LogP contribution is -1.79. The SMILES string of the molecule is O=CCCCCCC=Cc1ccc(-c2ccccc2)cc1. The zero-order valence-corrected chi connectivity index (χ0v) is 12.4. The van der Waals surface area contributed by atoms with E-state index in [0.717, 1.165) is 32.0 Å². The third-order valence-electron chi connectivity index (χ3n) is 3.52. The highest BCUT2D eigenvalue weighted by Gasteiger charge is 1.95. The van der Waals surface area contributed by atoms with Gasteiger partial charge in [-0.15, -0.1) is 0 Å². The Labute approximate surface area is 127 Å². The molecule has 0 saturated carbocycles. The van der Waals surface area contributed by atoms with Gasteiger partial charge in [-0.25, -0.2) is 0 Å². The number of carbonyl (C=O) groups is 1. The predicted molar refractivity (Wildman–Crippen MR) is 90.1 cm³/mol. The Morgan fingerprint density at radius 2 is 1.38 bits per heavy atom. The highest BCUT2D eigenvalue weighted by Crippen LogP contribution is 2.19. The topological polar surface area (TPSA) is 17.1 Å². The van der Waals surface area contributed by atoms with Crippen molar-refractivity contribution in [1.82, 2.24) is 0 Å². The first kappa shape index (κ1) is 15.2. The fraction of sp³-hybridized carbons (Fsp3) is 0.250. The van der Waals surface area contributed by atoms with Crippen molar-refractivity contribution in [2.24, 2.45) is 0 Å². The highest BCUT2D eigenvalue weighted by atomic mass is 16.1. The van der Waals surface area contributed by atoms with Gasteiger partial charge in [0.1, 0.15) is 6.29 Å². The molecule has 2 aromatic rings. The van der Waals surface area contributed by atoms with Crippen LogP contribution in [-0.2, 0) is 4.79 Å². The van der Waals surface area contributed by atoms with Gasteiger partial charge in [0.05, 0.1) is 0 Å². The first-order chi connectivity index (χ1) is 10.4. The maximum absolute atomic E-state index is 10.2. The molecular weight excluding hydrogens is 256 g/mol. The second-order valence-corrected chi connectivity index (χ2v) is 5.20. The quantitative estimate of drug-likeness (QED) is 0.459. The molecule has 1 nitrogen and oxygen atoms in total. The Balaban J connectivity index is 1.81. The fourth-order valence-electron chi connectivity index (χ4n) is 2.30. The summed E-state index contributed by atoms with van der Waals surface area (Å²) in [6, 6.07) is 19.1. The minimum absolute atomic E-state index is 0.699. The van der Waals surface area contributed by atoms with E-state index < -0.39 is 0 Å². The van der Waals surface area contributed by atoms with Crippen LogP contribution in [0.25, 0.3) is 17.2 Å². The van der Waals surface area contributed by atoms with E-state index in [9.17, 15) is 4.79 Å². The smallest absolute Gasteiger partial charge is 0.119 e. The van der Waals surface area contributed by atoms with Gasteiger partial charge in [0.15, 0.2) is 0 Å². The number of hydrogen-bond donors (Lipinski definition) is 0. The number of carbonyl (C=O) groups excluding carboxylic acids is 1. The van der Waals surface area contributed by atoms with Crippen LogP contribution in [0.2, 0.25) is 0 Å². The molecule has 0 spiro atoms. The average molecular weight is 278 g/mol. The van der Waals surface area contributed by atoms with Gasteiger partial charge in [-0.3, -0.25) is 0 Å². The van der Waals surface area contributed by atoms with Gasteiger partial charge in [0.2, 0.25) is 0 Å². The van der Waals surface area contributed by atoms with Crippen molar-refractivity contribution < 1.29 is 4.79 Å². The molecule has 2 rings (SSSR count). The molecule has 0 saturated heterocycles. The Hall–Kier alpha value is -2.15. The molecule has 0 heterocycles. The van der Waals surface area contributed by atoms with Crippen LogP contribution in [0.1, 0.15) is 37.7 Å². The molecule has 0 aliphatic carbocycles. The fourth-order valence-corrected chi connectivity index (χ4v) is 2.30. The lowest BCUT2D eigenvalue weighted by molar-refractivity contribution is -0.107. The minimum atomic E-state index is 0.699. The van der Waals surface area contributed by atoms with Crippen LogP contribution >= 0.6 is 0 Å². The number of hydrogen-bond acceptors (Lipinski definition) is 1. The molecule has 0 N–H and O–H groups in total. The maximum atomic E-state index is 10.2. The zero-order chi connectivity index (χ0) is 14.8. The van der Waals surface area contributed by atoms with E-state index >= 15 is 0 Å². The molecule has 0 radical (unpaired) electrons. The number of unbranched alkanes of at least 4 members (excludes halogenated alkanes) is 4. The van der Waals surface area contributed by atoms with Crippen LogP contribution in [0.3, 0.4) is 0 Å². The van der Waals surface area contributed by atoms with Gasteiger partial charge in [0.25, 0.3) is 0 Å². The van der Waals surface area contributed by atoms with Gasteiger partial charge in [-0.05, 0) is 36.0 Å². The molecule has 0 amide bonds. The highest BCUT2D eigenvalue weighted by molar-refractivity contribution is 5.65. The summed E-state index contributed by atoms with van der Waals surface area (Å²) in [5.74, 6) is 0. The first-order valence-electron chi connectivity index (χ1n) is 7.66. The Morgan fingerprint density at radius 3 is 2.10 bits per heavy atom. The van der Waals surface area contributed by atoms with Crippen molar-refractivity contribution in [3.63, 3.8) is 0 Å². The molecular formula is C20H22O. The largest absolute Gasteiger partial charge is 0.303 e. The first-order valence-corrected chi connectivity index (χ1v) is 7.66. The van der Waals surface area contributed by atoms with Crippen LogP contribution in [0.5, 0.6) is 0 Å². The van der Waals surface area contributed by atoms with Crippen LogP contribution in [0.15, 0.2) is 60.7 Å². The van der Waals surface area contributed by atoms with Crippen molar-refractivity contribution in [3.05, 3.63) is 66.2 Å². The minimum Gasteiger partial charge on any atom is -0.303 e. The van der Waals surface area contributed by atoms with Crippen molar-refractivity contribution in [2.75, 3.05) is 0 Å². The van der Waals surface area contributed by atoms with Crippen molar-refractivity contribution in [1.29, 1.82) is 0 Å². The molecule has 1 heteroatoms. The predicted octanol–water partition coefficient (Wildman–Crippen LogP) is 5.52. The lowest BCUT2D eigenvalue weighted by atomic mass is 10.0. The molecule has 0 bridgehead atoms. The Kier molecular flexibility index (Phi) is 6.47. The summed E-state index contributed by atoms with van der Waals surface area (Å²) >= 11 is 0. The number of benzene rings is 2. The Morgan fingerprint density at radius 1 is 0.714 bits per heavy atom. The summed E-state index contributed by atoms with van der Waals surface area (Å²) in [6.07, 6.45) is 10.5. The average Bonchev–Trinajstić information content (AvgIpc) is 2.55. The Bertz CT molecular complexity index is 552. The summed E-state index contributed by atoms with van der Waals surface area (Å²) < 4.78 is 0. The molecule has 21 heavy (non-hydrogen) atoms. The molecule has 0 aromatic heterocycles. The number of rotatable bonds is 8. The van der Waals surface area contributed by atoms with Crippen LogP contribution in [0.4, 0.5) is 0 Å². The van der Waals surface area contributed by atoms with E-state index in [1.807, 2.05) is 6.07 Å². The lowest BCUT2D eigenvalue weighted by Gasteiger charge is -2.01. The van der Waals surface area contributed by atoms with E-state index in [4.69, 9.17) is 0 Å². The van der Waals surface area contributed by atoms with Gasteiger partial charge >= 0.3 is 0 Å². The molecule has 2 aromatic carbocycles. The standard InChI is InChI=1S/C20H22O/c21-17-9-4-2-1-3-6-10-18-13-15-20(16-14-18)19-11-7-5-8-12-19/h5-8,10-17H,1-4,9H2. The van der Waals surface area contributed by atoms with Gasteiger partial charge in [-0.1, -0.05) is 73.2 Å². The van der Waals surface area contributed by atoms with E-state index in [2.05, 4.69) is 60.7 Å². The molecule has 0 unspecified atom stereocenters. The van der Waals surface area contributed by atoms with Crippen LogP contribution in [-0.4, -0.2) is 6.29 Å². The molecule has 0 aliphatic heterocycles. The molecule has 108 valence electrons. The second kappa shape index (κ2) is 8.91.